The van der Waals surface area contributed by atoms with E-state index in [1.807, 2.05) is 26.0 Å². The van der Waals surface area contributed by atoms with Crippen molar-refractivity contribution in [3.05, 3.63) is 37.0 Å². The molecule has 1 unspecified atom stereocenters. The number of aliphatic hydroxyl groups excluding tert-OH is 1. The Kier molecular flexibility index (Phi) is 6.25. The highest BCUT2D eigenvalue weighted by Crippen LogP contribution is 2.12. The Balaban J connectivity index is 3.70. The van der Waals surface area contributed by atoms with Gasteiger partial charge in [0.2, 0.25) is 0 Å². The molecule has 0 radical (unpaired) electrons. The first-order valence-electron chi connectivity index (χ1n) is 4.73. The van der Waals surface area contributed by atoms with E-state index in [4.69, 9.17) is 0 Å². The molecule has 0 aliphatic rings. The van der Waals surface area contributed by atoms with Crippen LogP contribution in [0.2, 0.25) is 0 Å². The van der Waals surface area contributed by atoms with Crippen LogP contribution < -0.4 is 0 Å². The van der Waals surface area contributed by atoms with E-state index >= 15 is 0 Å². The maximum absolute atomic E-state index is 9.52. The molecule has 0 aromatic rings. The lowest BCUT2D eigenvalue weighted by molar-refractivity contribution is 0.117. The fraction of sp³-hybridized carbons (Fsp3) is 0.500. The van der Waals surface area contributed by atoms with Crippen molar-refractivity contribution in [2.24, 2.45) is 5.92 Å². The Labute approximate surface area is 81.5 Å². The third-order valence-electron chi connectivity index (χ3n) is 2.00. The molecule has 0 amide bonds. The molecule has 0 saturated heterocycles. The van der Waals surface area contributed by atoms with Crippen molar-refractivity contribution in [1.29, 1.82) is 0 Å². The Morgan fingerprint density at radius 2 is 2.08 bits per heavy atom. The molecule has 0 heterocycles. The highest BCUT2D eigenvalue weighted by Gasteiger charge is 2.08. The summed E-state index contributed by atoms with van der Waals surface area (Å²) in [5.74, 6) is 0.330. The summed E-state index contributed by atoms with van der Waals surface area (Å²) in [6.45, 7) is 11.5. The van der Waals surface area contributed by atoms with Gasteiger partial charge >= 0.3 is 0 Å². The summed E-state index contributed by atoms with van der Waals surface area (Å²) < 4.78 is 0. The zero-order valence-electron chi connectivity index (χ0n) is 8.66. The van der Waals surface area contributed by atoms with Crippen LogP contribution in [0.1, 0.15) is 26.7 Å². The third kappa shape index (κ3) is 6.35. The van der Waals surface area contributed by atoms with E-state index in [1.54, 1.807) is 6.08 Å². The summed E-state index contributed by atoms with van der Waals surface area (Å²) in [5.41, 5.74) is 1.04. The van der Waals surface area contributed by atoms with E-state index in [9.17, 15) is 5.11 Å². The van der Waals surface area contributed by atoms with Crippen molar-refractivity contribution in [2.45, 2.75) is 32.8 Å². The molecular weight excluding hydrogens is 160 g/mol. The lowest BCUT2D eigenvalue weighted by Gasteiger charge is -2.13. The van der Waals surface area contributed by atoms with Crippen LogP contribution in [0.15, 0.2) is 37.0 Å². The van der Waals surface area contributed by atoms with Crippen molar-refractivity contribution in [2.75, 3.05) is 0 Å². The van der Waals surface area contributed by atoms with Crippen LogP contribution in [0.4, 0.5) is 0 Å². The van der Waals surface area contributed by atoms with Gasteiger partial charge in [-0.3, -0.25) is 0 Å². The summed E-state index contributed by atoms with van der Waals surface area (Å²) in [6, 6.07) is 0. The first-order valence-corrected chi connectivity index (χ1v) is 4.73. The molecule has 0 aliphatic carbocycles. The first-order chi connectivity index (χ1) is 6.07. The Morgan fingerprint density at radius 3 is 2.54 bits per heavy atom. The SMILES string of the molecule is C=C/C=C\C(=C)CCC(O)C(C)C. The van der Waals surface area contributed by atoms with Crippen LogP contribution in [-0.2, 0) is 0 Å². The van der Waals surface area contributed by atoms with Crippen molar-refractivity contribution >= 4 is 0 Å². The van der Waals surface area contributed by atoms with E-state index in [2.05, 4.69) is 13.2 Å². The Hall–Kier alpha value is -0.820. The summed E-state index contributed by atoms with van der Waals surface area (Å²) in [7, 11) is 0. The van der Waals surface area contributed by atoms with Gasteiger partial charge in [0.1, 0.15) is 0 Å². The fourth-order valence-corrected chi connectivity index (χ4v) is 0.954. The molecular formula is C12H20O. The van der Waals surface area contributed by atoms with Gasteiger partial charge < -0.3 is 5.11 Å². The van der Waals surface area contributed by atoms with E-state index in [0.717, 1.165) is 18.4 Å². The molecule has 0 aromatic heterocycles. The highest BCUT2D eigenvalue weighted by atomic mass is 16.3. The maximum atomic E-state index is 9.52. The van der Waals surface area contributed by atoms with Crippen molar-refractivity contribution in [3.63, 3.8) is 0 Å². The number of hydrogen-bond donors (Lipinski definition) is 1. The monoisotopic (exact) mass is 180 g/mol. The van der Waals surface area contributed by atoms with Gasteiger partial charge in [-0.25, -0.2) is 0 Å². The minimum absolute atomic E-state index is 0.214. The number of rotatable bonds is 6. The Bertz CT molecular complexity index is 189. The summed E-state index contributed by atoms with van der Waals surface area (Å²) in [5, 5.41) is 9.52. The molecule has 74 valence electrons. The molecule has 1 heteroatoms. The van der Waals surface area contributed by atoms with Crippen LogP contribution in [0.5, 0.6) is 0 Å². The van der Waals surface area contributed by atoms with E-state index in [-0.39, 0.29) is 6.10 Å². The molecule has 0 saturated carbocycles. The molecule has 13 heavy (non-hydrogen) atoms. The molecule has 0 spiro atoms. The molecule has 0 aromatic carbocycles. The van der Waals surface area contributed by atoms with Crippen molar-refractivity contribution < 1.29 is 5.11 Å². The van der Waals surface area contributed by atoms with Crippen LogP contribution in [0.3, 0.4) is 0 Å². The molecule has 0 fully saturated rings. The predicted molar refractivity (Wildman–Crippen MR) is 58.6 cm³/mol. The van der Waals surface area contributed by atoms with Gasteiger partial charge in [0.25, 0.3) is 0 Å². The second-order valence-corrected chi connectivity index (χ2v) is 3.60. The summed E-state index contributed by atoms with van der Waals surface area (Å²) >= 11 is 0. The van der Waals surface area contributed by atoms with Gasteiger partial charge in [-0.15, -0.1) is 0 Å². The van der Waals surface area contributed by atoms with Gasteiger partial charge in [0.15, 0.2) is 0 Å². The van der Waals surface area contributed by atoms with Crippen LogP contribution in [0, 0.1) is 5.92 Å². The van der Waals surface area contributed by atoms with Crippen molar-refractivity contribution in [1.82, 2.24) is 0 Å². The number of aliphatic hydroxyl groups is 1. The predicted octanol–water partition coefficient (Wildman–Crippen LogP) is 3.08. The fourth-order valence-electron chi connectivity index (χ4n) is 0.954. The number of allylic oxidation sites excluding steroid dienone is 4. The minimum Gasteiger partial charge on any atom is -0.393 e. The molecule has 0 rings (SSSR count). The van der Waals surface area contributed by atoms with E-state index in [1.165, 1.54) is 0 Å². The molecule has 1 nitrogen and oxygen atoms in total. The largest absolute Gasteiger partial charge is 0.393 e. The lowest BCUT2D eigenvalue weighted by Crippen LogP contribution is -2.14. The second-order valence-electron chi connectivity index (χ2n) is 3.60. The lowest BCUT2D eigenvalue weighted by atomic mass is 10.00. The number of hydrogen-bond acceptors (Lipinski definition) is 1. The van der Waals surface area contributed by atoms with Crippen LogP contribution in [0.25, 0.3) is 0 Å². The van der Waals surface area contributed by atoms with Gasteiger partial charge in [0.05, 0.1) is 6.10 Å². The van der Waals surface area contributed by atoms with Gasteiger partial charge in [-0.2, -0.15) is 0 Å². The topological polar surface area (TPSA) is 20.2 Å². The average molecular weight is 180 g/mol. The normalized spacial score (nSPS) is 13.5. The zero-order chi connectivity index (χ0) is 10.3. The van der Waals surface area contributed by atoms with E-state index in [0.29, 0.717) is 5.92 Å². The van der Waals surface area contributed by atoms with Gasteiger partial charge in [0, 0.05) is 0 Å². The Morgan fingerprint density at radius 1 is 1.46 bits per heavy atom. The van der Waals surface area contributed by atoms with Gasteiger partial charge in [-0.05, 0) is 18.8 Å². The zero-order valence-corrected chi connectivity index (χ0v) is 8.66. The summed E-state index contributed by atoms with van der Waals surface area (Å²) in [4.78, 5) is 0. The smallest absolute Gasteiger partial charge is 0.0566 e. The minimum atomic E-state index is -0.214. The average Bonchev–Trinajstić information content (AvgIpc) is 2.10. The standard InChI is InChI=1S/C12H20O/c1-5-6-7-11(4)8-9-12(13)10(2)3/h5-7,10,12-13H,1,4,8-9H2,2-3H3/b7-6-. The van der Waals surface area contributed by atoms with Crippen molar-refractivity contribution in [3.8, 4) is 0 Å². The highest BCUT2D eigenvalue weighted by molar-refractivity contribution is 5.17. The third-order valence-corrected chi connectivity index (χ3v) is 2.00. The summed E-state index contributed by atoms with van der Waals surface area (Å²) in [6.07, 6.45) is 6.95. The maximum Gasteiger partial charge on any atom is 0.0566 e. The second kappa shape index (κ2) is 6.67. The van der Waals surface area contributed by atoms with Gasteiger partial charge in [-0.1, -0.05) is 50.8 Å². The van der Waals surface area contributed by atoms with Crippen LogP contribution >= 0.6 is 0 Å². The van der Waals surface area contributed by atoms with E-state index < -0.39 is 0 Å². The molecule has 0 aliphatic heterocycles. The molecule has 1 N–H and O–H groups in total. The molecule has 1 atom stereocenters. The molecule has 0 bridgehead atoms. The van der Waals surface area contributed by atoms with Crippen LogP contribution in [-0.4, -0.2) is 11.2 Å². The first kappa shape index (κ1) is 12.2. The quantitative estimate of drug-likeness (QED) is 0.623.